The van der Waals surface area contributed by atoms with Crippen LogP contribution in [0.1, 0.15) is 101 Å². The topological polar surface area (TPSA) is 193 Å². The van der Waals surface area contributed by atoms with Gasteiger partial charge in [0, 0.05) is 86.4 Å². The van der Waals surface area contributed by atoms with E-state index in [1.807, 2.05) is 59.5 Å². The third-order valence-electron chi connectivity index (χ3n) is 15.4. The lowest BCUT2D eigenvalue weighted by atomic mass is 9.84. The number of alkyl halides is 3. The second-order valence-corrected chi connectivity index (χ2v) is 21.1. The molecule has 1 atom stereocenters. The monoisotopic (exact) mass is 1060 g/mol. The lowest BCUT2D eigenvalue weighted by Gasteiger charge is -2.36. The number of nitrogens with zero attached hydrogens (tertiary/aromatic N) is 5. The van der Waals surface area contributed by atoms with Gasteiger partial charge in [-0.25, -0.2) is 14.8 Å². The number of thiazole rings is 1. The van der Waals surface area contributed by atoms with Crippen LogP contribution in [0.25, 0.3) is 21.3 Å². The van der Waals surface area contributed by atoms with Crippen molar-refractivity contribution < 1.29 is 42.2 Å². The van der Waals surface area contributed by atoms with Gasteiger partial charge in [0.15, 0.2) is 10.8 Å². The second-order valence-electron chi connectivity index (χ2n) is 20.1. The van der Waals surface area contributed by atoms with E-state index < -0.39 is 41.3 Å². The van der Waals surface area contributed by atoms with Crippen LogP contribution in [0.3, 0.4) is 0 Å². The van der Waals surface area contributed by atoms with Gasteiger partial charge >= 0.3 is 12.1 Å². The van der Waals surface area contributed by atoms with E-state index in [-0.39, 0.29) is 53.2 Å². The number of ether oxygens (including phenoxy) is 1. The summed E-state index contributed by atoms with van der Waals surface area (Å²) in [6.07, 6.45) is 1.85. The highest BCUT2D eigenvalue weighted by Crippen LogP contribution is 2.45. The van der Waals surface area contributed by atoms with E-state index >= 15 is 13.2 Å². The average molecular weight is 1060 g/mol. The van der Waals surface area contributed by atoms with Gasteiger partial charge in [0.1, 0.15) is 17.1 Å². The number of carboxylic acids is 1. The molecule has 0 spiro atoms. The number of anilines is 4. The molecule has 15 nitrogen and oxygen atoms in total. The number of hydrogen-bond donors (Lipinski definition) is 5. The maximum atomic E-state index is 15.2. The Kier molecular flexibility index (Phi) is 15.4. The molecule has 1 unspecified atom stereocenters. The first kappa shape index (κ1) is 52.1. The van der Waals surface area contributed by atoms with Crippen LogP contribution >= 0.6 is 11.3 Å². The molecule has 4 aromatic carbocycles. The number of pyridine rings is 1. The number of aromatic nitrogens is 2. The summed E-state index contributed by atoms with van der Waals surface area (Å²) in [6, 6.07) is 26.0. The molecule has 0 bridgehead atoms. The number of carboxylic acid groups (broad SMARTS) is 1. The Morgan fingerprint density at radius 3 is 2.38 bits per heavy atom. The Balaban J connectivity index is 0.719. The largest absolute Gasteiger partial charge is 0.490 e. The first-order valence-electron chi connectivity index (χ1n) is 26.1. The van der Waals surface area contributed by atoms with Gasteiger partial charge in [-0.2, -0.15) is 13.2 Å². The third-order valence-corrected chi connectivity index (χ3v) is 16.3. The molecule has 3 amide bonds. The standard InChI is InChI=1S/C57H60F3N9O6S/c1-62-45-32-36(17-20-41(45)51(61)42-22-24-49(70)65-54(42)72)68-30-28-67(29-31-68)26-5-4-8-34-15-18-37(19-16-34)75-46-13-7-10-38(50(46)57(58,59)60)39-21-23-48(64-52(39)55(73)74)69-27-25-35-9-6-11-40(43(35)33-69)53(71)66-56-63-44-12-2-3-14-47(44)76-56/h2-3,6-7,9-14,17,20-21,23,32,34,37,42,61-62H,4-5,8,15-16,18-19,22,24-31,33H2,1H3,(H,73,74)(H,63,66,71)(H,65,70,72). The number of rotatable bonds is 16. The minimum atomic E-state index is -4.86. The lowest BCUT2D eigenvalue weighted by Crippen LogP contribution is -2.46. The third kappa shape index (κ3) is 11.4. The molecule has 3 fully saturated rings. The molecule has 6 aromatic rings. The number of carbonyl (C=O) groups is 4. The Labute approximate surface area is 442 Å². The van der Waals surface area contributed by atoms with Gasteiger partial charge in [0.25, 0.3) is 5.91 Å². The average Bonchev–Trinajstić information content (AvgIpc) is 3.86. The highest BCUT2D eigenvalue weighted by Gasteiger charge is 2.40. The molecule has 10 rings (SSSR count). The summed E-state index contributed by atoms with van der Waals surface area (Å²) in [5.41, 5.74) is 3.55. The zero-order chi connectivity index (χ0) is 53.1. The van der Waals surface area contributed by atoms with Gasteiger partial charge in [-0.3, -0.25) is 29.9 Å². The Morgan fingerprint density at radius 1 is 0.842 bits per heavy atom. The predicted octanol–water partition coefficient (Wildman–Crippen LogP) is 10.3. The van der Waals surface area contributed by atoms with Gasteiger partial charge in [-0.15, -0.1) is 0 Å². The summed E-state index contributed by atoms with van der Waals surface area (Å²) in [7, 11) is 1.80. The van der Waals surface area contributed by atoms with E-state index in [0.717, 1.165) is 97.5 Å². The van der Waals surface area contributed by atoms with E-state index in [1.54, 1.807) is 13.1 Å². The second kappa shape index (κ2) is 22.5. The van der Waals surface area contributed by atoms with E-state index in [1.165, 1.54) is 41.7 Å². The highest BCUT2D eigenvalue weighted by atomic mass is 32.1. The smallest absolute Gasteiger partial charge is 0.420 e. The molecule has 396 valence electrons. The molecule has 76 heavy (non-hydrogen) atoms. The van der Waals surface area contributed by atoms with Gasteiger partial charge in [0.2, 0.25) is 11.8 Å². The van der Waals surface area contributed by atoms with Crippen molar-refractivity contribution in [1.82, 2.24) is 20.2 Å². The molecule has 5 N–H and O–H groups in total. The predicted molar refractivity (Wildman–Crippen MR) is 288 cm³/mol. The van der Waals surface area contributed by atoms with Crippen LogP contribution in [0.15, 0.2) is 91.0 Å². The molecule has 4 aliphatic rings. The summed E-state index contributed by atoms with van der Waals surface area (Å²) in [6.45, 7) is 5.19. The molecular formula is C57H60F3N9O6S. The summed E-state index contributed by atoms with van der Waals surface area (Å²) >= 11 is 1.37. The summed E-state index contributed by atoms with van der Waals surface area (Å²) in [5.74, 6) is -2.80. The quantitative estimate of drug-likeness (QED) is 0.0351. The molecule has 19 heteroatoms. The molecule has 1 aliphatic carbocycles. The number of carbonyl (C=O) groups excluding carboxylic acids is 3. The number of imide groups is 1. The maximum absolute atomic E-state index is 15.2. The fourth-order valence-electron chi connectivity index (χ4n) is 11.3. The molecular weight excluding hydrogens is 996 g/mol. The van der Waals surface area contributed by atoms with E-state index in [4.69, 9.17) is 10.1 Å². The van der Waals surface area contributed by atoms with Gasteiger partial charge in [-0.05, 0) is 123 Å². The number of piperidine rings is 1. The number of para-hydroxylation sites is 1. The Bertz CT molecular complexity index is 3150. The zero-order valence-electron chi connectivity index (χ0n) is 42.2. The zero-order valence-corrected chi connectivity index (χ0v) is 43.0. The van der Waals surface area contributed by atoms with Crippen molar-refractivity contribution >= 4 is 73.3 Å². The van der Waals surface area contributed by atoms with Crippen LogP contribution in [0.5, 0.6) is 5.75 Å². The van der Waals surface area contributed by atoms with Crippen LogP contribution in [0, 0.1) is 17.2 Å². The van der Waals surface area contributed by atoms with Crippen molar-refractivity contribution in [3.8, 4) is 16.9 Å². The van der Waals surface area contributed by atoms with Crippen molar-refractivity contribution in [3.05, 3.63) is 125 Å². The first-order chi connectivity index (χ1) is 36.7. The van der Waals surface area contributed by atoms with Crippen LogP contribution in [-0.2, 0) is 28.7 Å². The number of fused-ring (bicyclic) bond motifs is 2. The number of halogens is 3. The molecule has 0 radical (unpaired) electrons. The number of unbranched alkanes of at least 4 members (excludes halogenated alkanes) is 1. The Hall–Kier alpha value is -7.38. The van der Waals surface area contributed by atoms with Gasteiger partial charge in [0.05, 0.1) is 28.0 Å². The fourth-order valence-corrected chi connectivity index (χ4v) is 12.1. The normalized spacial score (nSPS) is 19.2. The van der Waals surface area contributed by atoms with E-state index in [0.29, 0.717) is 54.4 Å². The number of benzene rings is 4. The maximum Gasteiger partial charge on any atom is 0.420 e. The lowest BCUT2D eigenvalue weighted by molar-refractivity contribution is -0.139. The molecule has 2 aromatic heterocycles. The number of piperazine rings is 1. The molecule has 2 saturated heterocycles. The summed E-state index contributed by atoms with van der Waals surface area (Å²) in [4.78, 5) is 66.2. The number of hydrogen-bond acceptors (Lipinski definition) is 13. The highest BCUT2D eigenvalue weighted by molar-refractivity contribution is 7.22. The molecule has 3 aliphatic heterocycles. The van der Waals surface area contributed by atoms with Crippen molar-refractivity contribution in [3.63, 3.8) is 0 Å². The van der Waals surface area contributed by atoms with E-state index in [9.17, 15) is 24.3 Å². The van der Waals surface area contributed by atoms with Gasteiger partial charge in [-0.1, -0.05) is 60.6 Å². The van der Waals surface area contributed by atoms with Crippen LogP contribution < -0.4 is 30.5 Å². The fraction of sp³-hybridized carbons (Fsp3) is 0.386. The minimum absolute atomic E-state index is 0.172. The SMILES string of the molecule is CNc1cc(N2CCN(CCCCC3CCC(Oc4cccc(-c5ccc(N6CCc7cccc(C(=O)Nc8nc9ccccc9s8)c7C6)nc5C(=O)O)c4C(F)(F)F)CC3)CC2)ccc1C(=N)C1CCC(=O)NC1=O. The van der Waals surface area contributed by atoms with Crippen molar-refractivity contribution in [2.75, 3.05) is 66.7 Å². The summed E-state index contributed by atoms with van der Waals surface area (Å²) < 4.78 is 52.6. The number of nitrogens with one attached hydrogen (secondary N) is 4. The van der Waals surface area contributed by atoms with E-state index in [2.05, 4.69) is 35.7 Å². The summed E-state index contributed by atoms with van der Waals surface area (Å²) in [5, 5.41) is 28.1. The number of amides is 3. The van der Waals surface area contributed by atoms with Crippen molar-refractivity contribution in [1.29, 1.82) is 5.41 Å². The van der Waals surface area contributed by atoms with Crippen molar-refractivity contribution in [2.45, 2.75) is 83.0 Å². The van der Waals surface area contributed by atoms with Crippen LogP contribution in [0.4, 0.5) is 35.5 Å². The Morgan fingerprint density at radius 2 is 1.63 bits per heavy atom. The minimum Gasteiger partial charge on any atom is -0.490 e. The van der Waals surface area contributed by atoms with Crippen molar-refractivity contribution in [2.24, 2.45) is 11.8 Å². The molecule has 1 saturated carbocycles. The van der Waals surface area contributed by atoms with Gasteiger partial charge < -0.3 is 30.4 Å². The molecule has 5 heterocycles. The van der Waals surface area contributed by atoms with Crippen LogP contribution in [0.2, 0.25) is 0 Å². The van der Waals surface area contributed by atoms with Crippen LogP contribution in [-0.4, -0.2) is 102 Å². The number of aromatic carboxylic acids is 1. The first-order valence-corrected chi connectivity index (χ1v) is 26.9.